The summed E-state index contributed by atoms with van der Waals surface area (Å²) in [7, 11) is 2.09. The van der Waals surface area contributed by atoms with E-state index < -0.39 is 22.4 Å². The first-order valence-electron chi connectivity index (χ1n) is 3.38. The predicted octanol–water partition coefficient (Wildman–Crippen LogP) is -3.66. The Bertz CT molecular complexity index is 276. The number of methoxy groups -OCH3 is 2. The molecule has 0 aliphatic heterocycles. The molecule has 0 atom stereocenters. The number of ether oxygens (including phenoxy) is 2. The van der Waals surface area contributed by atoms with E-state index in [-0.39, 0.29) is 29.6 Å². The molecule has 0 radical (unpaired) electrons. The van der Waals surface area contributed by atoms with Crippen LogP contribution in [0.2, 0.25) is 0 Å². The molecule has 0 bridgehead atoms. The van der Waals surface area contributed by atoms with Gasteiger partial charge >= 0.3 is 41.5 Å². The van der Waals surface area contributed by atoms with Crippen molar-refractivity contribution in [3.8, 4) is 0 Å². The molecule has 0 spiro atoms. The summed E-state index contributed by atoms with van der Waals surface area (Å²) in [4.78, 5) is 21.0. The Morgan fingerprint density at radius 3 is 1.80 bits per heavy atom. The summed E-state index contributed by atoms with van der Waals surface area (Å²) in [5.74, 6) is -1.98. The van der Waals surface area contributed by atoms with E-state index in [1.165, 1.54) is 0 Å². The van der Waals surface area contributed by atoms with E-state index >= 15 is 0 Å². The summed E-state index contributed by atoms with van der Waals surface area (Å²) in [5, 5.41) is 19.9. The molecule has 0 aromatic heterocycles. The van der Waals surface area contributed by atoms with Crippen LogP contribution in [-0.2, 0) is 19.1 Å². The van der Waals surface area contributed by atoms with E-state index in [4.69, 9.17) is 0 Å². The van der Waals surface area contributed by atoms with Gasteiger partial charge in [-0.25, -0.2) is 9.59 Å². The van der Waals surface area contributed by atoms with Crippen molar-refractivity contribution in [3.05, 3.63) is 22.1 Å². The minimum Gasteiger partial charge on any atom is -0.612 e. The maximum Gasteiger partial charge on any atom is 1.00 e. The Kier molecular flexibility index (Phi) is 9.04. The molecule has 0 heterocycles. The van der Waals surface area contributed by atoms with Crippen molar-refractivity contribution in [2.75, 3.05) is 14.2 Å². The number of esters is 2. The molecule has 0 saturated heterocycles. The second-order valence-electron chi connectivity index (χ2n) is 2.00. The first-order valence-corrected chi connectivity index (χ1v) is 3.38. The Morgan fingerprint density at radius 1 is 1.13 bits per heavy atom. The minimum atomic E-state index is -0.991. The van der Waals surface area contributed by atoms with Gasteiger partial charge in [0.15, 0.2) is 11.8 Å². The smallest absolute Gasteiger partial charge is 0.612 e. The van der Waals surface area contributed by atoms with Crippen molar-refractivity contribution in [2.45, 2.75) is 0 Å². The zero-order valence-corrected chi connectivity index (χ0v) is 10.6. The number of allylic oxidation sites excluding steroid dienone is 1. The standard InChI is InChI=1S/C7H8NO6.Na/c1-13-6(9)5(7(10)14-2)3-4-8(11)12;/h3-4H,1-2H3;/q-1;+1. The molecule has 0 aliphatic rings. The Morgan fingerprint density at radius 2 is 1.53 bits per heavy atom. The van der Waals surface area contributed by atoms with Gasteiger partial charge in [0.1, 0.15) is 0 Å². The van der Waals surface area contributed by atoms with Crippen molar-refractivity contribution < 1.29 is 53.5 Å². The molecule has 0 aromatic rings. The average molecular weight is 225 g/mol. The topological polar surface area (TPSA) is 102 Å². The quantitative estimate of drug-likeness (QED) is 0.0717. The maximum absolute atomic E-state index is 10.9. The molecular formula is C7H8NNaO6. The van der Waals surface area contributed by atoms with Crippen LogP contribution in [0.5, 0.6) is 0 Å². The normalized spacial score (nSPS) is 7.87. The van der Waals surface area contributed by atoms with Crippen LogP contribution in [-0.4, -0.2) is 37.3 Å². The van der Waals surface area contributed by atoms with Gasteiger partial charge in [0.05, 0.1) is 14.2 Å². The van der Waals surface area contributed by atoms with E-state index in [0.717, 1.165) is 20.3 Å². The number of hydrogen-bond donors (Lipinski definition) is 0. The van der Waals surface area contributed by atoms with E-state index in [0.29, 0.717) is 6.21 Å². The molecule has 0 N–H and O–H groups in total. The predicted molar refractivity (Wildman–Crippen MR) is 45.2 cm³/mol. The second kappa shape index (κ2) is 8.27. The van der Waals surface area contributed by atoms with Crippen molar-refractivity contribution in [1.29, 1.82) is 0 Å². The number of nitrogens with zero attached hydrogens (tertiary/aromatic N) is 1. The number of carbonyl (C=O) groups excluding carboxylic acids is 2. The fourth-order valence-corrected chi connectivity index (χ4v) is 0.575. The van der Waals surface area contributed by atoms with Crippen molar-refractivity contribution in [2.24, 2.45) is 0 Å². The summed E-state index contributed by atoms with van der Waals surface area (Å²) >= 11 is 0. The third-order valence-electron chi connectivity index (χ3n) is 1.17. The third kappa shape index (κ3) is 6.10. The minimum absolute atomic E-state index is 0. The summed E-state index contributed by atoms with van der Waals surface area (Å²) in [6, 6.07) is 0. The zero-order chi connectivity index (χ0) is 11.1. The molecule has 7 nitrogen and oxygen atoms in total. The first-order chi connectivity index (χ1) is 6.52. The Hall–Kier alpha value is -1.05. The molecule has 0 aliphatic carbocycles. The summed E-state index contributed by atoms with van der Waals surface area (Å²) in [6.07, 6.45) is 1.17. The van der Waals surface area contributed by atoms with Gasteiger partial charge in [-0.15, -0.1) is 0 Å². The first kappa shape index (κ1) is 16.4. The van der Waals surface area contributed by atoms with Crippen LogP contribution in [0.1, 0.15) is 0 Å². The van der Waals surface area contributed by atoms with Crippen LogP contribution in [0, 0.1) is 10.4 Å². The summed E-state index contributed by atoms with van der Waals surface area (Å²) in [6.45, 7) is 0. The molecular weight excluding hydrogens is 217 g/mol. The molecule has 8 heteroatoms. The average Bonchev–Trinajstić information content (AvgIpc) is 2.16. The van der Waals surface area contributed by atoms with E-state index in [1.807, 2.05) is 0 Å². The molecule has 78 valence electrons. The molecule has 0 aromatic carbocycles. The van der Waals surface area contributed by atoms with Crippen molar-refractivity contribution in [1.82, 2.24) is 0 Å². The zero-order valence-electron chi connectivity index (χ0n) is 8.55. The van der Waals surface area contributed by atoms with E-state index in [1.54, 1.807) is 0 Å². The largest absolute Gasteiger partial charge is 1.00 e. The number of carbonyl (C=O) groups is 2. The van der Waals surface area contributed by atoms with Gasteiger partial charge < -0.3 is 19.9 Å². The van der Waals surface area contributed by atoms with Crippen LogP contribution < -0.4 is 29.6 Å². The van der Waals surface area contributed by atoms with Gasteiger partial charge in [0.2, 0.25) is 0 Å². The van der Waals surface area contributed by atoms with Crippen LogP contribution >= 0.6 is 0 Å². The van der Waals surface area contributed by atoms with E-state index in [2.05, 4.69) is 9.47 Å². The van der Waals surface area contributed by atoms with Gasteiger partial charge in [0, 0.05) is 6.08 Å². The second-order valence-corrected chi connectivity index (χ2v) is 2.00. The van der Waals surface area contributed by atoms with Crippen LogP contribution in [0.4, 0.5) is 0 Å². The fraction of sp³-hybridized carbons (Fsp3) is 0.286. The molecule has 0 unspecified atom stereocenters. The van der Waals surface area contributed by atoms with Gasteiger partial charge in [-0.1, -0.05) is 0 Å². The Labute approximate surface area is 108 Å². The number of rotatable bonds is 3. The van der Waals surface area contributed by atoms with Crippen molar-refractivity contribution >= 4 is 18.2 Å². The maximum atomic E-state index is 10.9. The molecule has 0 rings (SSSR count). The van der Waals surface area contributed by atoms with Gasteiger partial charge in [0.25, 0.3) is 0 Å². The van der Waals surface area contributed by atoms with Crippen LogP contribution in [0.25, 0.3) is 0 Å². The van der Waals surface area contributed by atoms with Crippen molar-refractivity contribution in [3.63, 3.8) is 0 Å². The van der Waals surface area contributed by atoms with Gasteiger partial charge in [-0.2, -0.15) is 4.90 Å². The van der Waals surface area contributed by atoms with E-state index in [9.17, 15) is 20.0 Å². The van der Waals surface area contributed by atoms with Gasteiger partial charge in [-0.05, 0) is 0 Å². The summed E-state index contributed by atoms with van der Waals surface area (Å²) < 4.78 is 8.43. The number of hydrogen-bond acceptors (Lipinski definition) is 6. The van der Waals surface area contributed by atoms with Gasteiger partial charge in [-0.3, -0.25) is 0 Å². The summed E-state index contributed by atoms with van der Waals surface area (Å²) in [5.41, 5.74) is -0.535. The molecule has 0 saturated carbocycles. The monoisotopic (exact) mass is 225 g/mol. The third-order valence-corrected chi connectivity index (χ3v) is 1.17. The molecule has 0 fully saturated rings. The Balaban J connectivity index is 0. The SMILES string of the molecule is COC(=O)C(=CC=[N+]([O-])[O-])C(=O)OC.[Na+]. The fourth-order valence-electron chi connectivity index (χ4n) is 0.575. The van der Waals surface area contributed by atoms with Crippen LogP contribution in [0.15, 0.2) is 11.6 Å². The molecule has 15 heavy (non-hydrogen) atoms. The van der Waals surface area contributed by atoms with Crippen LogP contribution in [0.3, 0.4) is 0 Å². The molecule has 0 amide bonds.